The number of amides is 1. The van der Waals surface area contributed by atoms with Crippen LogP contribution in [0.4, 0.5) is 0 Å². The number of nitrogens with zero attached hydrogens (tertiary/aromatic N) is 4. The van der Waals surface area contributed by atoms with E-state index in [1.807, 2.05) is 25.1 Å². The molecule has 31 heavy (non-hydrogen) atoms. The minimum absolute atomic E-state index is 0.208. The third kappa shape index (κ3) is 3.84. The summed E-state index contributed by atoms with van der Waals surface area (Å²) in [6, 6.07) is 12.7. The van der Waals surface area contributed by atoms with E-state index in [1.54, 1.807) is 18.2 Å². The summed E-state index contributed by atoms with van der Waals surface area (Å²) >= 11 is 0. The highest BCUT2D eigenvalue weighted by molar-refractivity contribution is 7.89. The van der Waals surface area contributed by atoms with Gasteiger partial charge < -0.3 is 10.3 Å². The molecule has 0 unspecified atom stereocenters. The lowest BCUT2D eigenvalue weighted by Crippen LogP contribution is -2.48. The van der Waals surface area contributed by atoms with Gasteiger partial charge in [-0.2, -0.15) is 0 Å². The fraction of sp³-hybridized carbons (Fsp3) is 0.364. The van der Waals surface area contributed by atoms with Crippen LogP contribution in [0.1, 0.15) is 23.9 Å². The molecule has 0 spiro atoms. The number of sulfonamides is 1. The van der Waals surface area contributed by atoms with Crippen LogP contribution in [0.25, 0.3) is 11.0 Å². The summed E-state index contributed by atoms with van der Waals surface area (Å²) in [6.07, 6.45) is 0.573. The predicted molar refractivity (Wildman–Crippen MR) is 119 cm³/mol. The van der Waals surface area contributed by atoms with Crippen molar-refractivity contribution in [1.29, 1.82) is 0 Å². The van der Waals surface area contributed by atoms with Crippen LogP contribution in [-0.2, 0) is 40.9 Å². The number of benzene rings is 2. The fourth-order valence-corrected chi connectivity index (χ4v) is 5.13. The first kappa shape index (κ1) is 21.5. The molecule has 0 fully saturated rings. The third-order valence-corrected chi connectivity index (χ3v) is 7.72. The number of nitrogens with two attached hydrogens (primary N) is 1. The minimum Gasteiger partial charge on any atom is -0.368 e. The Kier molecular flexibility index (Phi) is 5.59. The van der Waals surface area contributed by atoms with Crippen LogP contribution in [0.5, 0.6) is 0 Å². The number of hydrogen-bond acceptors (Lipinski definition) is 5. The summed E-state index contributed by atoms with van der Waals surface area (Å²) < 4.78 is 28.3. The molecule has 1 aliphatic rings. The van der Waals surface area contributed by atoms with Crippen LogP contribution in [0.3, 0.4) is 0 Å². The van der Waals surface area contributed by atoms with Gasteiger partial charge in [-0.05, 0) is 42.7 Å². The quantitative estimate of drug-likeness (QED) is 0.628. The van der Waals surface area contributed by atoms with E-state index in [0.717, 1.165) is 16.9 Å². The molecule has 8 nitrogen and oxygen atoms in total. The van der Waals surface area contributed by atoms with Gasteiger partial charge in [0.05, 0.1) is 28.5 Å². The van der Waals surface area contributed by atoms with Crippen molar-refractivity contribution >= 4 is 27.0 Å². The summed E-state index contributed by atoms with van der Waals surface area (Å²) in [4.78, 5) is 19.2. The Labute approximate surface area is 182 Å². The number of imidazole rings is 1. The SMILES string of the molecule is CCn1c(CN2Cc3ccccc3C[C@H]2C(N)=O)nc2cc(S(=O)(=O)N(C)C)ccc21. The molecule has 1 aliphatic heterocycles. The Morgan fingerprint density at radius 1 is 1.19 bits per heavy atom. The molecule has 2 heterocycles. The van der Waals surface area contributed by atoms with Crippen LogP contribution in [0.15, 0.2) is 47.4 Å². The van der Waals surface area contributed by atoms with E-state index in [9.17, 15) is 13.2 Å². The number of rotatable bonds is 6. The Balaban J connectivity index is 1.73. The van der Waals surface area contributed by atoms with Crippen molar-refractivity contribution < 1.29 is 13.2 Å². The van der Waals surface area contributed by atoms with Crippen molar-refractivity contribution in [3.05, 3.63) is 59.4 Å². The summed E-state index contributed by atoms with van der Waals surface area (Å²) in [7, 11) is -0.531. The maximum Gasteiger partial charge on any atom is 0.242 e. The fourth-order valence-electron chi connectivity index (χ4n) is 4.21. The smallest absolute Gasteiger partial charge is 0.242 e. The van der Waals surface area contributed by atoms with E-state index in [-0.39, 0.29) is 10.8 Å². The average molecular weight is 442 g/mol. The molecule has 2 N–H and O–H groups in total. The molecule has 0 aliphatic carbocycles. The molecule has 0 saturated heterocycles. The van der Waals surface area contributed by atoms with Gasteiger partial charge in [0, 0.05) is 27.2 Å². The van der Waals surface area contributed by atoms with Crippen molar-refractivity contribution in [2.75, 3.05) is 14.1 Å². The van der Waals surface area contributed by atoms with E-state index in [2.05, 4.69) is 15.5 Å². The number of primary amides is 1. The maximum atomic E-state index is 12.5. The first-order valence-electron chi connectivity index (χ1n) is 10.2. The molecule has 3 aromatic rings. The van der Waals surface area contributed by atoms with E-state index >= 15 is 0 Å². The Bertz CT molecular complexity index is 1250. The van der Waals surface area contributed by atoms with Crippen molar-refractivity contribution in [3.8, 4) is 0 Å². The monoisotopic (exact) mass is 441 g/mol. The molecule has 9 heteroatoms. The van der Waals surface area contributed by atoms with Gasteiger partial charge in [-0.25, -0.2) is 17.7 Å². The van der Waals surface area contributed by atoms with Gasteiger partial charge in [0.1, 0.15) is 5.82 Å². The van der Waals surface area contributed by atoms with Gasteiger partial charge in [0.25, 0.3) is 0 Å². The molecule has 1 amide bonds. The number of aryl methyl sites for hydroxylation is 1. The van der Waals surface area contributed by atoms with Gasteiger partial charge in [0.15, 0.2) is 0 Å². The molecule has 0 radical (unpaired) electrons. The molecule has 4 rings (SSSR count). The summed E-state index contributed by atoms with van der Waals surface area (Å²) in [5.41, 5.74) is 9.54. The summed E-state index contributed by atoms with van der Waals surface area (Å²) in [5, 5.41) is 0. The molecule has 2 aromatic carbocycles. The highest BCUT2D eigenvalue weighted by Crippen LogP contribution is 2.27. The van der Waals surface area contributed by atoms with Crippen LogP contribution < -0.4 is 5.73 Å². The lowest BCUT2D eigenvalue weighted by atomic mass is 9.93. The van der Waals surface area contributed by atoms with Crippen molar-refractivity contribution in [1.82, 2.24) is 18.8 Å². The average Bonchev–Trinajstić information content (AvgIpc) is 3.09. The highest BCUT2D eigenvalue weighted by Gasteiger charge is 2.31. The van der Waals surface area contributed by atoms with Gasteiger partial charge >= 0.3 is 0 Å². The Hall–Kier alpha value is -2.75. The van der Waals surface area contributed by atoms with Crippen LogP contribution in [0, 0.1) is 0 Å². The van der Waals surface area contributed by atoms with Crippen molar-refractivity contribution in [3.63, 3.8) is 0 Å². The summed E-state index contributed by atoms with van der Waals surface area (Å²) in [6.45, 7) is 3.75. The minimum atomic E-state index is -3.55. The second-order valence-corrected chi connectivity index (χ2v) is 10.2. The lowest BCUT2D eigenvalue weighted by molar-refractivity contribution is -0.124. The number of hydrogen-bond donors (Lipinski definition) is 1. The van der Waals surface area contributed by atoms with E-state index < -0.39 is 16.1 Å². The van der Waals surface area contributed by atoms with E-state index in [1.165, 1.54) is 24.0 Å². The molecule has 164 valence electrons. The van der Waals surface area contributed by atoms with Crippen LogP contribution in [-0.4, -0.2) is 53.2 Å². The number of fused-ring (bicyclic) bond motifs is 2. The molecular weight excluding hydrogens is 414 g/mol. The molecular formula is C22H27N5O3S. The van der Waals surface area contributed by atoms with Gasteiger partial charge in [-0.1, -0.05) is 24.3 Å². The predicted octanol–water partition coefficient (Wildman–Crippen LogP) is 1.72. The molecule has 0 saturated carbocycles. The normalized spacial score (nSPS) is 17.2. The third-order valence-electron chi connectivity index (χ3n) is 5.91. The van der Waals surface area contributed by atoms with Crippen LogP contribution in [0.2, 0.25) is 0 Å². The second kappa shape index (κ2) is 8.07. The van der Waals surface area contributed by atoms with Crippen molar-refractivity contribution in [2.45, 2.75) is 43.9 Å². The maximum absolute atomic E-state index is 12.5. The molecule has 1 atom stereocenters. The molecule has 1 aromatic heterocycles. The zero-order valence-electron chi connectivity index (χ0n) is 17.9. The van der Waals surface area contributed by atoms with Crippen molar-refractivity contribution in [2.24, 2.45) is 5.73 Å². The topological polar surface area (TPSA) is 102 Å². The molecule has 0 bridgehead atoms. The van der Waals surface area contributed by atoms with Gasteiger partial charge in [-0.3, -0.25) is 9.69 Å². The first-order valence-corrected chi connectivity index (χ1v) is 11.7. The van der Waals surface area contributed by atoms with Crippen LogP contribution >= 0.6 is 0 Å². The zero-order chi connectivity index (χ0) is 22.3. The number of aromatic nitrogens is 2. The summed E-state index contributed by atoms with van der Waals surface area (Å²) in [5.74, 6) is 0.426. The van der Waals surface area contributed by atoms with Gasteiger partial charge in [0.2, 0.25) is 15.9 Å². The standard InChI is InChI=1S/C22H27N5O3S/c1-4-27-19-10-9-17(31(29,30)25(2)3)12-18(19)24-21(27)14-26-13-16-8-6-5-7-15(16)11-20(26)22(23)28/h5-10,12,20H,4,11,13-14H2,1-3H3,(H2,23,28)/t20-/m0/s1. The highest BCUT2D eigenvalue weighted by atomic mass is 32.2. The van der Waals surface area contributed by atoms with E-state index in [4.69, 9.17) is 10.7 Å². The lowest BCUT2D eigenvalue weighted by Gasteiger charge is -2.34. The zero-order valence-corrected chi connectivity index (χ0v) is 18.8. The Morgan fingerprint density at radius 2 is 1.90 bits per heavy atom. The second-order valence-electron chi connectivity index (χ2n) is 8.01. The number of carbonyl (C=O) groups excluding carboxylic acids is 1. The first-order chi connectivity index (χ1) is 14.7. The van der Waals surface area contributed by atoms with Gasteiger partial charge in [-0.15, -0.1) is 0 Å². The number of carbonyl (C=O) groups is 1. The Morgan fingerprint density at radius 3 is 2.55 bits per heavy atom. The van der Waals surface area contributed by atoms with E-state index in [0.29, 0.717) is 31.6 Å². The largest absolute Gasteiger partial charge is 0.368 e.